The highest BCUT2D eigenvalue weighted by molar-refractivity contribution is 5.25. The van der Waals surface area contributed by atoms with E-state index in [0.29, 0.717) is 0 Å². The molecule has 0 aliphatic carbocycles. The monoisotopic (exact) mass is 265 g/mol. The van der Waals surface area contributed by atoms with E-state index in [-0.39, 0.29) is 18.2 Å². The molecule has 0 amide bonds. The molecule has 1 aromatic carbocycles. The molecule has 0 aromatic heterocycles. The van der Waals surface area contributed by atoms with Gasteiger partial charge < -0.3 is 15.5 Å². The van der Waals surface area contributed by atoms with Crippen LogP contribution in [0.1, 0.15) is 51.3 Å². The fourth-order valence-electron chi connectivity index (χ4n) is 2.13. The van der Waals surface area contributed by atoms with Gasteiger partial charge >= 0.3 is 0 Å². The summed E-state index contributed by atoms with van der Waals surface area (Å²) >= 11 is 0. The average molecular weight is 265 g/mol. The Morgan fingerprint density at radius 3 is 2.16 bits per heavy atom. The third kappa shape index (κ3) is 4.60. The first kappa shape index (κ1) is 16.2. The van der Waals surface area contributed by atoms with E-state index in [1.807, 2.05) is 32.9 Å². The highest BCUT2D eigenvalue weighted by Gasteiger charge is 2.26. The molecule has 0 heterocycles. The van der Waals surface area contributed by atoms with Crippen molar-refractivity contribution in [3.8, 4) is 0 Å². The molecule has 0 bridgehead atoms. The van der Waals surface area contributed by atoms with Crippen LogP contribution in [0.25, 0.3) is 0 Å². The Bertz CT molecular complexity index is 373. The largest absolute Gasteiger partial charge is 0.394 e. The van der Waals surface area contributed by atoms with E-state index < -0.39 is 6.10 Å². The summed E-state index contributed by atoms with van der Waals surface area (Å²) in [5.41, 5.74) is 1.81. The molecule has 0 fully saturated rings. The van der Waals surface area contributed by atoms with Crippen LogP contribution in [0.15, 0.2) is 24.3 Å². The number of benzene rings is 1. The van der Waals surface area contributed by atoms with Crippen LogP contribution in [0.5, 0.6) is 0 Å². The van der Waals surface area contributed by atoms with Crippen molar-refractivity contribution >= 4 is 0 Å². The second-order valence-corrected chi connectivity index (χ2v) is 5.74. The van der Waals surface area contributed by atoms with Crippen LogP contribution >= 0.6 is 0 Å². The zero-order chi connectivity index (χ0) is 14.5. The Morgan fingerprint density at radius 2 is 1.74 bits per heavy atom. The maximum Gasteiger partial charge on any atom is 0.0943 e. The fourth-order valence-corrected chi connectivity index (χ4v) is 2.13. The standard InChI is InChI=1S/C16H27NO2/c1-5-12-7-9-13(10-8-12)15(19)14(6-2)17-16(3,4)11-18/h7-10,14-15,17-19H,5-6,11H2,1-4H3. The van der Waals surface area contributed by atoms with E-state index in [2.05, 4.69) is 24.4 Å². The quantitative estimate of drug-likeness (QED) is 0.709. The Balaban J connectivity index is 2.79. The summed E-state index contributed by atoms with van der Waals surface area (Å²) < 4.78 is 0. The maximum absolute atomic E-state index is 10.5. The molecule has 0 spiro atoms. The molecule has 0 saturated heterocycles. The Labute approximate surface area is 116 Å². The second-order valence-electron chi connectivity index (χ2n) is 5.74. The van der Waals surface area contributed by atoms with Crippen molar-refractivity contribution in [3.05, 3.63) is 35.4 Å². The molecule has 0 aliphatic heterocycles. The van der Waals surface area contributed by atoms with Gasteiger partial charge in [-0.1, -0.05) is 38.1 Å². The van der Waals surface area contributed by atoms with Crippen LogP contribution in [-0.2, 0) is 6.42 Å². The number of aliphatic hydroxyl groups excluding tert-OH is 2. The van der Waals surface area contributed by atoms with E-state index >= 15 is 0 Å². The number of aliphatic hydroxyl groups is 2. The molecular formula is C16H27NO2. The third-order valence-corrected chi connectivity index (χ3v) is 3.52. The minimum absolute atomic E-state index is 0.0466. The molecule has 19 heavy (non-hydrogen) atoms. The predicted molar refractivity (Wildman–Crippen MR) is 79.2 cm³/mol. The molecule has 1 aromatic rings. The first-order valence-electron chi connectivity index (χ1n) is 7.09. The van der Waals surface area contributed by atoms with Crippen molar-refractivity contribution in [2.45, 2.75) is 58.2 Å². The zero-order valence-corrected chi connectivity index (χ0v) is 12.5. The van der Waals surface area contributed by atoms with Gasteiger partial charge in [0.05, 0.1) is 12.7 Å². The lowest BCUT2D eigenvalue weighted by Gasteiger charge is -2.32. The molecule has 3 N–H and O–H groups in total. The molecule has 0 saturated carbocycles. The summed E-state index contributed by atoms with van der Waals surface area (Å²) in [5.74, 6) is 0. The molecule has 2 unspecified atom stereocenters. The number of nitrogens with one attached hydrogen (secondary N) is 1. The zero-order valence-electron chi connectivity index (χ0n) is 12.5. The van der Waals surface area contributed by atoms with Crippen molar-refractivity contribution < 1.29 is 10.2 Å². The predicted octanol–water partition coefficient (Wildman–Crippen LogP) is 2.42. The molecule has 2 atom stereocenters. The van der Waals surface area contributed by atoms with Crippen LogP contribution < -0.4 is 5.32 Å². The van der Waals surface area contributed by atoms with Crippen LogP contribution in [0.3, 0.4) is 0 Å². The van der Waals surface area contributed by atoms with Gasteiger partial charge in [0.1, 0.15) is 0 Å². The van der Waals surface area contributed by atoms with Crippen molar-refractivity contribution in [2.24, 2.45) is 0 Å². The van der Waals surface area contributed by atoms with Gasteiger partial charge in [0, 0.05) is 11.6 Å². The Hall–Kier alpha value is -0.900. The summed E-state index contributed by atoms with van der Waals surface area (Å²) in [4.78, 5) is 0. The molecular weight excluding hydrogens is 238 g/mol. The van der Waals surface area contributed by atoms with Gasteiger partial charge in [-0.2, -0.15) is 0 Å². The van der Waals surface area contributed by atoms with Crippen LogP contribution in [0, 0.1) is 0 Å². The minimum atomic E-state index is -0.554. The van der Waals surface area contributed by atoms with E-state index in [1.54, 1.807) is 0 Å². The number of hydrogen-bond acceptors (Lipinski definition) is 3. The van der Waals surface area contributed by atoms with Gasteiger partial charge in [0.25, 0.3) is 0 Å². The van der Waals surface area contributed by atoms with Gasteiger partial charge in [0.2, 0.25) is 0 Å². The highest BCUT2D eigenvalue weighted by Crippen LogP contribution is 2.21. The van der Waals surface area contributed by atoms with Gasteiger partial charge in [-0.3, -0.25) is 0 Å². The number of rotatable bonds is 7. The van der Waals surface area contributed by atoms with Crippen molar-refractivity contribution in [2.75, 3.05) is 6.61 Å². The fraction of sp³-hybridized carbons (Fsp3) is 0.625. The third-order valence-electron chi connectivity index (χ3n) is 3.52. The second kappa shape index (κ2) is 7.04. The minimum Gasteiger partial charge on any atom is -0.394 e. The first-order chi connectivity index (χ1) is 8.93. The summed E-state index contributed by atoms with van der Waals surface area (Å²) in [5, 5.41) is 23.1. The van der Waals surface area contributed by atoms with E-state index in [4.69, 9.17) is 0 Å². The lowest BCUT2D eigenvalue weighted by molar-refractivity contribution is 0.0899. The summed E-state index contributed by atoms with van der Waals surface area (Å²) in [6.07, 6.45) is 1.26. The Kier molecular flexibility index (Phi) is 5.98. The smallest absolute Gasteiger partial charge is 0.0943 e. The SMILES string of the molecule is CCc1ccc(C(O)C(CC)NC(C)(C)CO)cc1. The molecule has 1 rings (SSSR count). The lowest BCUT2D eigenvalue weighted by atomic mass is 9.95. The normalized spacial score (nSPS) is 15.3. The average Bonchev–Trinajstić information content (AvgIpc) is 2.44. The van der Waals surface area contributed by atoms with Gasteiger partial charge in [0.15, 0.2) is 0 Å². The molecule has 0 aliphatic rings. The van der Waals surface area contributed by atoms with Crippen molar-refractivity contribution in [1.29, 1.82) is 0 Å². The molecule has 108 valence electrons. The molecule has 0 radical (unpaired) electrons. The van der Waals surface area contributed by atoms with Crippen molar-refractivity contribution in [1.82, 2.24) is 5.32 Å². The van der Waals surface area contributed by atoms with E-state index in [1.165, 1.54) is 5.56 Å². The lowest BCUT2D eigenvalue weighted by Crippen LogP contribution is -2.50. The maximum atomic E-state index is 10.5. The van der Waals surface area contributed by atoms with E-state index in [0.717, 1.165) is 18.4 Å². The van der Waals surface area contributed by atoms with Gasteiger partial charge in [-0.05, 0) is 37.8 Å². The van der Waals surface area contributed by atoms with Crippen LogP contribution in [0.2, 0.25) is 0 Å². The summed E-state index contributed by atoms with van der Waals surface area (Å²) in [7, 11) is 0. The molecule has 3 heteroatoms. The Morgan fingerprint density at radius 1 is 1.16 bits per heavy atom. The van der Waals surface area contributed by atoms with Crippen LogP contribution in [0.4, 0.5) is 0 Å². The van der Waals surface area contributed by atoms with E-state index in [9.17, 15) is 10.2 Å². The van der Waals surface area contributed by atoms with Gasteiger partial charge in [-0.15, -0.1) is 0 Å². The summed E-state index contributed by atoms with van der Waals surface area (Å²) in [6.45, 7) is 8.07. The number of hydrogen-bond donors (Lipinski definition) is 3. The molecule has 3 nitrogen and oxygen atoms in total. The van der Waals surface area contributed by atoms with Crippen molar-refractivity contribution in [3.63, 3.8) is 0 Å². The van der Waals surface area contributed by atoms with Gasteiger partial charge in [-0.25, -0.2) is 0 Å². The van der Waals surface area contributed by atoms with Crippen LogP contribution in [-0.4, -0.2) is 28.4 Å². The first-order valence-corrected chi connectivity index (χ1v) is 7.09. The topological polar surface area (TPSA) is 52.5 Å². The number of aryl methyl sites for hydroxylation is 1. The highest BCUT2D eigenvalue weighted by atomic mass is 16.3. The summed E-state index contributed by atoms with van der Waals surface area (Å²) in [6, 6.07) is 8.03.